The van der Waals surface area contributed by atoms with Crippen LogP contribution in [-0.2, 0) is 11.2 Å². The molecule has 1 aromatic heterocycles. The van der Waals surface area contributed by atoms with Crippen molar-refractivity contribution < 1.29 is 4.79 Å². The lowest BCUT2D eigenvalue weighted by atomic mass is 10.1. The largest absolute Gasteiger partial charge is 0.330 e. The number of hydrogen-bond acceptors (Lipinski definition) is 4. The number of nitrogens with zero attached hydrogens (tertiary/aromatic N) is 1. The molecule has 1 aromatic carbocycles. The molecule has 2 aromatic rings. The number of carbonyl (C=O) groups is 1. The molecule has 0 saturated heterocycles. The fourth-order valence-corrected chi connectivity index (χ4v) is 3.30. The molecule has 0 fully saturated rings. The van der Waals surface area contributed by atoms with Gasteiger partial charge in [-0.1, -0.05) is 42.6 Å². The SMILES string of the molecule is NCCCCCCC(=O)Nc1ncc(Cc2ccccc2Cl)s1. The predicted octanol–water partition coefficient (Wildman–Crippen LogP) is 4.24. The number of anilines is 1. The molecule has 1 heterocycles. The molecule has 4 nitrogen and oxygen atoms in total. The number of benzene rings is 1. The topological polar surface area (TPSA) is 68.0 Å². The summed E-state index contributed by atoms with van der Waals surface area (Å²) in [7, 11) is 0. The Morgan fingerprint density at radius 1 is 1.22 bits per heavy atom. The Balaban J connectivity index is 1.78. The van der Waals surface area contributed by atoms with Gasteiger partial charge in [0.1, 0.15) is 0 Å². The van der Waals surface area contributed by atoms with E-state index in [2.05, 4.69) is 10.3 Å². The molecular weight excluding hydrogens is 330 g/mol. The second-order valence-electron chi connectivity index (χ2n) is 5.40. The molecule has 0 aliphatic heterocycles. The molecule has 1 amide bonds. The minimum Gasteiger partial charge on any atom is -0.330 e. The molecule has 0 atom stereocenters. The lowest BCUT2D eigenvalue weighted by Crippen LogP contribution is -2.10. The average Bonchev–Trinajstić information content (AvgIpc) is 2.96. The van der Waals surface area contributed by atoms with E-state index in [-0.39, 0.29) is 5.91 Å². The summed E-state index contributed by atoms with van der Waals surface area (Å²) in [5, 5.41) is 4.27. The summed E-state index contributed by atoms with van der Waals surface area (Å²) < 4.78 is 0. The van der Waals surface area contributed by atoms with E-state index in [1.807, 2.05) is 24.3 Å². The van der Waals surface area contributed by atoms with Crippen LogP contribution >= 0.6 is 22.9 Å². The maximum absolute atomic E-state index is 11.9. The van der Waals surface area contributed by atoms with Gasteiger partial charge in [0.05, 0.1) is 0 Å². The summed E-state index contributed by atoms with van der Waals surface area (Å²) in [6.07, 6.45) is 7.10. The smallest absolute Gasteiger partial charge is 0.226 e. The van der Waals surface area contributed by atoms with E-state index in [4.69, 9.17) is 17.3 Å². The van der Waals surface area contributed by atoms with Crippen molar-refractivity contribution in [2.45, 2.75) is 38.5 Å². The third-order valence-corrected chi connectivity index (χ3v) is 4.76. The number of aromatic nitrogens is 1. The van der Waals surface area contributed by atoms with Gasteiger partial charge in [-0.3, -0.25) is 4.79 Å². The Bertz CT molecular complexity index is 630. The quantitative estimate of drug-likeness (QED) is 0.664. The lowest BCUT2D eigenvalue weighted by molar-refractivity contribution is -0.116. The number of carbonyl (C=O) groups excluding carboxylic acids is 1. The average molecular weight is 352 g/mol. The highest BCUT2D eigenvalue weighted by atomic mass is 35.5. The summed E-state index contributed by atoms with van der Waals surface area (Å²) in [4.78, 5) is 17.2. The van der Waals surface area contributed by atoms with Crippen LogP contribution in [0.3, 0.4) is 0 Å². The van der Waals surface area contributed by atoms with Crippen molar-refractivity contribution in [3.63, 3.8) is 0 Å². The van der Waals surface area contributed by atoms with Crippen LogP contribution in [0.2, 0.25) is 5.02 Å². The molecule has 0 aliphatic carbocycles. The second-order valence-corrected chi connectivity index (χ2v) is 6.92. The van der Waals surface area contributed by atoms with Crippen LogP contribution < -0.4 is 11.1 Å². The van der Waals surface area contributed by atoms with Crippen molar-refractivity contribution in [1.29, 1.82) is 0 Å². The van der Waals surface area contributed by atoms with Crippen molar-refractivity contribution in [2.24, 2.45) is 5.73 Å². The third kappa shape index (κ3) is 6.29. The van der Waals surface area contributed by atoms with Gasteiger partial charge >= 0.3 is 0 Å². The third-order valence-electron chi connectivity index (χ3n) is 3.48. The Morgan fingerprint density at radius 3 is 2.78 bits per heavy atom. The first-order valence-corrected chi connectivity index (χ1v) is 9.06. The highest BCUT2D eigenvalue weighted by molar-refractivity contribution is 7.15. The van der Waals surface area contributed by atoms with Gasteiger partial charge in [0.2, 0.25) is 5.91 Å². The highest BCUT2D eigenvalue weighted by Crippen LogP contribution is 2.24. The molecule has 0 spiro atoms. The summed E-state index contributed by atoms with van der Waals surface area (Å²) in [5.41, 5.74) is 6.51. The highest BCUT2D eigenvalue weighted by Gasteiger charge is 2.08. The van der Waals surface area contributed by atoms with Crippen molar-refractivity contribution in [2.75, 3.05) is 11.9 Å². The summed E-state index contributed by atoms with van der Waals surface area (Å²) in [6.45, 7) is 0.722. The normalized spacial score (nSPS) is 10.7. The van der Waals surface area contributed by atoms with Crippen molar-refractivity contribution in [3.8, 4) is 0 Å². The molecule has 0 bridgehead atoms. The van der Waals surface area contributed by atoms with Gasteiger partial charge in [-0.15, -0.1) is 11.3 Å². The first-order chi connectivity index (χ1) is 11.2. The molecule has 23 heavy (non-hydrogen) atoms. The van der Waals surface area contributed by atoms with Crippen LogP contribution in [0.1, 0.15) is 42.5 Å². The van der Waals surface area contributed by atoms with E-state index in [9.17, 15) is 4.79 Å². The van der Waals surface area contributed by atoms with E-state index in [1.54, 1.807) is 6.20 Å². The van der Waals surface area contributed by atoms with Crippen LogP contribution in [0.4, 0.5) is 5.13 Å². The van der Waals surface area contributed by atoms with Gasteiger partial charge in [0.25, 0.3) is 0 Å². The zero-order chi connectivity index (χ0) is 16.5. The fraction of sp³-hybridized carbons (Fsp3) is 0.412. The van der Waals surface area contributed by atoms with Crippen LogP contribution in [0.15, 0.2) is 30.5 Å². The maximum atomic E-state index is 11.9. The van der Waals surface area contributed by atoms with E-state index < -0.39 is 0 Å². The zero-order valence-electron chi connectivity index (χ0n) is 13.1. The number of rotatable bonds is 9. The molecule has 0 unspecified atom stereocenters. The summed E-state index contributed by atoms with van der Waals surface area (Å²) >= 11 is 7.66. The van der Waals surface area contributed by atoms with Crippen LogP contribution in [0.25, 0.3) is 0 Å². The molecule has 124 valence electrons. The van der Waals surface area contributed by atoms with E-state index in [0.717, 1.165) is 54.1 Å². The maximum Gasteiger partial charge on any atom is 0.226 e. The first kappa shape index (κ1) is 17.9. The van der Waals surface area contributed by atoms with Crippen molar-refractivity contribution in [3.05, 3.63) is 45.9 Å². The van der Waals surface area contributed by atoms with E-state index >= 15 is 0 Å². The molecule has 0 saturated carbocycles. The molecule has 0 aliphatic rings. The number of thiazole rings is 1. The Kier molecular flexibility index (Phi) is 7.52. The number of hydrogen-bond donors (Lipinski definition) is 2. The first-order valence-electron chi connectivity index (χ1n) is 7.87. The molecule has 2 rings (SSSR count). The molecular formula is C17H22ClN3OS. The van der Waals surface area contributed by atoms with Crippen molar-refractivity contribution in [1.82, 2.24) is 4.98 Å². The van der Waals surface area contributed by atoms with Gasteiger partial charge < -0.3 is 11.1 Å². The number of unbranched alkanes of at least 4 members (excludes halogenated alkanes) is 3. The van der Waals surface area contributed by atoms with Crippen LogP contribution in [0, 0.1) is 0 Å². The van der Waals surface area contributed by atoms with Gasteiger partial charge in [-0.2, -0.15) is 0 Å². The predicted molar refractivity (Wildman–Crippen MR) is 97.1 cm³/mol. The molecule has 6 heteroatoms. The zero-order valence-corrected chi connectivity index (χ0v) is 14.6. The molecule has 3 N–H and O–H groups in total. The summed E-state index contributed by atoms with van der Waals surface area (Å²) in [5.74, 6) is 0.0244. The number of nitrogens with two attached hydrogens (primary N) is 1. The number of nitrogens with one attached hydrogen (secondary N) is 1. The second kappa shape index (κ2) is 9.65. The van der Waals surface area contributed by atoms with E-state index in [0.29, 0.717) is 11.6 Å². The Labute approximate surface area is 146 Å². The Morgan fingerprint density at radius 2 is 2.00 bits per heavy atom. The standard InChI is InChI=1S/C17H22ClN3OS/c18-15-8-5-4-7-13(15)11-14-12-20-17(23-14)21-16(22)9-3-1-2-6-10-19/h4-5,7-8,12H,1-3,6,9-11,19H2,(H,20,21,22). The van der Waals surface area contributed by atoms with Gasteiger partial charge in [-0.05, 0) is 31.0 Å². The minimum atomic E-state index is 0.0244. The van der Waals surface area contributed by atoms with Gasteiger partial charge in [0, 0.05) is 28.9 Å². The van der Waals surface area contributed by atoms with Crippen molar-refractivity contribution >= 4 is 34.0 Å². The molecule has 0 radical (unpaired) electrons. The van der Waals surface area contributed by atoms with Crippen LogP contribution in [-0.4, -0.2) is 17.4 Å². The van der Waals surface area contributed by atoms with E-state index in [1.165, 1.54) is 11.3 Å². The summed E-state index contributed by atoms with van der Waals surface area (Å²) in [6, 6.07) is 7.76. The minimum absolute atomic E-state index is 0.0244. The number of halogens is 1. The van der Waals surface area contributed by atoms with Crippen LogP contribution in [0.5, 0.6) is 0 Å². The fourth-order valence-electron chi connectivity index (χ4n) is 2.24. The lowest BCUT2D eigenvalue weighted by Gasteiger charge is -2.02. The Hall–Kier alpha value is -1.43. The number of amides is 1. The van der Waals surface area contributed by atoms with Gasteiger partial charge in [0.15, 0.2) is 5.13 Å². The van der Waals surface area contributed by atoms with Gasteiger partial charge in [-0.25, -0.2) is 4.98 Å². The monoisotopic (exact) mass is 351 g/mol.